The fraction of sp³-hybridized carbons (Fsp3) is 0.203. The van der Waals surface area contributed by atoms with Crippen LogP contribution in [0.2, 0.25) is 0 Å². The van der Waals surface area contributed by atoms with Gasteiger partial charge in [-0.2, -0.15) is 9.97 Å². The van der Waals surface area contributed by atoms with E-state index in [9.17, 15) is 0 Å². The average Bonchev–Trinajstić information content (AvgIpc) is 0.746. The van der Waals surface area contributed by atoms with Crippen LogP contribution >= 0.6 is 0 Å². The highest BCUT2D eigenvalue weighted by atomic mass is 15.3. The van der Waals surface area contributed by atoms with Crippen LogP contribution in [0.3, 0.4) is 0 Å². The smallest absolute Gasteiger partial charge is 0.238 e. The molecule has 0 radical (unpaired) electrons. The van der Waals surface area contributed by atoms with Crippen molar-refractivity contribution in [3.8, 4) is 91.1 Å². The maximum Gasteiger partial charge on any atom is 0.238 e. The van der Waals surface area contributed by atoms with E-state index in [0.29, 0.717) is 52.5 Å². The maximum absolute atomic E-state index is 5.62. The minimum atomic E-state index is -0.155. The number of fused-ring (bicyclic) bond motifs is 2. The number of benzene rings is 9. The largest absolute Gasteiger partial charge is 0.306 e. The third-order valence-corrected chi connectivity index (χ3v) is 16.5. The van der Waals surface area contributed by atoms with Gasteiger partial charge in [0.05, 0.1) is 28.4 Å². The molecule has 1 aliphatic heterocycles. The number of hydrogen-bond acceptors (Lipinski definition) is 11. The predicted octanol–water partition coefficient (Wildman–Crippen LogP) is 20.0. The van der Waals surface area contributed by atoms with E-state index in [-0.39, 0.29) is 21.7 Å². The Morgan fingerprint density at radius 3 is 0.789 bits per heavy atom. The van der Waals surface area contributed by atoms with E-state index in [1.807, 2.05) is 121 Å². The van der Waals surface area contributed by atoms with Crippen LogP contribution in [0.15, 0.2) is 224 Å². The fourth-order valence-corrected chi connectivity index (χ4v) is 11.3. The Morgan fingerprint density at radius 1 is 0.211 bits per heavy atom. The first-order chi connectivity index (χ1) is 43.1. The van der Waals surface area contributed by atoms with Crippen LogP contribution in [0.5, 0.6) is 0 Å². The van der Waals surface area contributed by atoms with Crippen molar-refractivity contribution in [2.75, 3.05) is 9.80 Å². The molecule has 1 aliphatic rings. The summed E-state index contributed by atoms with van der Waals surface area (Å²) in [6.45, 7) is 27.2. The van der Waals surface area contributed by atoms with Crippen LogP contribution in [-0.4, -0.2) is 44.9 Å². The van der Waals surface area contributed by atoms with Gasteiger partial charge in [-0.1, -0.05) is 241 Å². The van der Waals surface area contributed by atoms with Crippen molar-refractivity contribution >= 4 is 34.4 Å². The number of rotatable bonds is 10. The maximum atomic E-state index is 5.62. The molecular formula is C79H73N11. The highest BCUT2D eigenvalue weighted by Crippen LogP contribution is 2.55. The van der Waals surface area contributed by atoms with Crippen molar-refractivity contribution in [3.63, 3.8) is 0 Å². The van der Waals surface area contributed by atoms with Crippen molar-refractivity contribution in [2.24, 2.45) is 0 Å². The summed E-state index contributed by atoms with van der Waals surface area (Å²) in [5.74, 6) is 4.79. The molecule has 0 atom stereocenters. The average molecular weight is 1180 g/mol. The summed E-state index contributed by atoms with van der Waals surface area (Å²) in [6.07, 6.45) is 0. The van der Waals surface area contributed by atoms with E-state index in [4.69, 9.17) is 44.9 Å². The molecule has 0 saturated carbocycles. The topological polar surface area (TPSA) is 122 Å². The molecule has 0 bridgehead atoms. The van der Waals surface area contributed by atoms with E-state index in [1.165, 1.54) is 22.3 Å². The number of para-hydroxylation sites is 4. The fourth-order valence-electron chi connectivity index (χ4n) is 11.3. The Kier molecular flexibility index (Phi) is 15.0. The third kappa shape index (κ3) is 11.8. The number of aromatic nitrogens is 9. The number of anilines is 6. The molecule has 9 aromatic carbocycles. The Bertz CT molecular complexity index is 4310. The quantitative estimate of drug-likeness (QED) is 0.130. The summed E-state index contributed by atoms with van der Waals surface area (Å²) in [5, 5.41) is 0. The molecule has 0 saturated heterocycles. The summed E-state index contributed by atoms with van der Waals surface area (Å²) in [5.41, 5.74) is 15.3. The van der Waals surface area contributed by atoms with Crippen molar-refractivity contribution in [1.29, 1.82) is 0 Å². The van der Waals surface area contributed by atoms with Crippen LogP contribution in [-0.2, 0) is 21.7 Å². The lowest BCUT2D eigenvalue weighted by atomic mass is 9.79. The van der Waals surface area contributed by atoms with Crippen LogP contribution in [0.4, 0.5) is 34.4 Å². The van der Waals surface area contributed by atoms with Gasteiger partial charge in [0.1, 0.15) is 0 Å². The standard InChI is InChI=1S/C79H73N11/c1-76(2,3)57-43-55(44-58(48-57)77(4,5)6)72-84-73(56-45-59(78(7,8)9)49-60(46-56)79(10,11)12)88-75(87-72)90-65-39-27-25-37-63(65)89(64-38-26-28-40-66(64)90)62-42-41-54(71-82-67(50-29-17-13-18-30-50)80-68(83-71)51-31-19-14-20-32-51)47-61(62)74-85-69(52-33-21-15-22-34-52)81-70(86-74)53-35-23-16-24-36-53/h13-49H,1-12H3. The Hall–Kier alpha value is -10.4. The molecule has 0 N–H and O–H groups in total. The molecule has 3 aromatic heterocycles. The van der Waals surface area contributed by atoms with Crippen LogP contribution in [0.1, 0.15) is 105 Å². The van der Waals surface area contributed by atoms with Gasteiger partial charge in [-0.25, -0.2) is 34.9 Å². The van der Waals surface area contributed by atoms with E-state index in [1.54, 1.807) is 0 Å². The minimum Gasteiger partial charge on any atom is -0.306 e. The molecule has 11 heteroatoms. The minimum absolute atomic E-state index is 0.155. The molecule has 0 fully saturated rings. The summed E-state index contributed by atoms with van der Waals surface area (Å²) < 4.78 is 0. The van der Waals surface area contributed by atoms with Gasteiger partial charge < -0.3 is 4.90 Å². The van der Waals surface area contributed by atoms with Gasteiger partial charge in [0.15, 0.2) is 46.6 Å². The SMILES string of the molecule is CC(C)(C)c1cc(-c2nc(-c3cc(C(C)(C)C)cc(C(C)(C)C)c3)nc(N3c4ccccc4N(c4ccc(-c5nc(-c6ccccc6)nc(-c6ccccc6)n5)cc4-c4nc(-c5ccccc5)nc(-c5ccccc5)n4)c4ccccc43)n2)cc(C(C)(C)C)c1. The molecule has 13 rings (SSSR count). The molecule has 90 heavy (non-hydrogen) atoms. The normalized spacial score (nSPS) is 12.6. The second-order valence-corrected chi connectivity index (χ2v) is 27.3. The summed E-state index contributed by atoms with van der Waals surface area (Å²) in [7, 11) is 0. The van der Waals surface area contributed by atoms with Crippen LogP contribution < -0.4 is 9.80 Å². The first-order valence-electron chi connectivity index (χ1n) is 30.9. The molecule has 4 heterocycles. The second-order valence-electron chi connectivity index (χ2n) is 27.3. The van der Waals surface area contributed by atoms with Gasteiger partial charge in [0, 0.05) is 44.5 Å². The highest BCUT2D eigenvalue weighted by Gasteiger charge is 2.35. The van der Waals surface area contributed by atoms with E-state index in [0.717, 1.165) is 72.9 Å². The zero-order valence-electron chi connectivity index (χ0n) is 53.3. The van der Waals surface area contributed by atoms with Crippen molar-refractivity contribution < 1.29 is 0 Å². The Balaban J connectivity index is 1.06. The van der Waals surface area contributed by atoms with Gasteiger partial charge in [-0.15, -0.1) is 0 Å². The lowest BCUT2D eigenvalue weighted by Crippen LogP contribution is -2.26. The monoisotopic (exact) mass is 1180 g/mol. The van der Waals surface area contributed by atoms with E-state index < -0.39 is 0 Å². The van der Waals surface area contributed by atoms with Crippen molar-refractivity contribution in [1.82, 2.24) is 44.9 Å². The predicted molar refractivity (Wildman–Crippen MR) is 368 cm³/mol. The number of hydrogen-bond donors (Lipinski definition) is 0. The first-order valence-corrected chi connectivity index (χ1v) is 30.9. The Morgan fingerprint density at radius 2 is 0.478 bits per heavy atom. The molecule has 0 amide bonds. The van der Waals surface area contributed by atoms with Gasteiger partial charge >= 0.3 is 0 Å². The van der Waals surface area contributed by atoms with E-state index in [2.05, 4.69) is 196 Å². The molecule has 0 unspecified atom stereocenters. The van der Waals surface area contributed by atoms with Gasteiger partial charge in [-0.05, 0) is 111 Å². The summed E-state index contributed by atoms with van der Waals surface area (Å²) in [6, 6.07) is 77.3. The van der Waals surface area contributed by atoms with Crippen molar-refractivity contribution in [2.45, 2.75) is 105 Å². The molecule has 11 nitrogen and oxygen atoms in total. The lowest BCUT2D eigenvalue weighted by molar-refractivity contribution is 0.568. The van der Waals surface area contributed by atoms with Gasteiger partial charge in [-0.3, -0.25) is 4.90 Å². The zero-order chi connectivity index (χ0) is 62.7. The van der Waals surface area contributed by atoms with Gasteiger partial charge in [0.2, 0.25) is 5.95 Å². The zero-order valence-corrected chi connectivity index (χ0v) is 53.3. The van der Waals surface area contributed by atoms with Gasteiger partial charge in [0.25, 0.3) is 0 Å². The molecule has 12 aromatic rings. The Labute approximate surface area is 528 Å². The number of nitrogens with zero attached hydrogens (tertiary/aromatic N) is 11. The van der Waals surface area contributed by atoms with Crippen LogP contribution in [0.25, 0.3) is 91.1 Å². The summed E-state index contributed by atoms with van der Waals surface area (Å²) in [4.78, 5) is 52.8. The molecular weight excluding hydrogens is 1100 g/mol. The molecule has 0 spiro atoms. The van der Waals surface area contributed by atoms with Crippen molar-refractivity contribution in [3.05, 3.63) is 247 Å². The molecule has 444 valence electrons. The summed E-state index contributed by atoms with van der Waals surface area (Å²) >= 11 is 0. The third-order valence-electron chi connectivity index (χ3n) is 16.5. The van der Waals surface area contributed by atoms with Crippen LogP contribution in [0, 0.1) is 0 Å². The first kappa shape index (κ1) is 58.6. The second kappa shape index (κ2) is 23.0. The highest BCUT2D eigenvalue weighted by molar-refractivity contribution is 6.03. The lowest BCUT2D eigenvalue weighted by Gasteiger charge is -2.40. The molecule has 0 aliphatic carbocycles. The van der Waals surface area contributed by atoms with E-state index >= 15 is 0 Å².